The number of carboxylic acid groups (broad SMARTS) is 1. The molecule has 6 heteroatoms. The largest absolute Gasteiger partial charge is 0.481 e. The maximum absolute atomic E-state index is 11.7. The van der Waals surface area contributed by atoms with E-state index in [1.165, 1.54) is 6.20 Å². The molecule has 0 aliphatic rings. The van der Waals surface area contributed by atoms with E-state index >= 15 is 0 Å². The molecule has 1 unspecified atom stereocenters. The van der Waals surface area contributed by atoms with Crippen molar-refractivity contribution in [3.8, 4) is 0 Å². The molecule has 0 saturated heterocycles. The lowest BCUT2D eigenvalue weighted by Gasteiger charge is -2.10. The van der Waals surface area contributed by atoms with E-state index in [-0.39, 0.29) is 12.3 Å². The highest BCUT2D eigenvalue weighted by atomic mass is 16.5. The number of rotatable bonds is 5. The van der Waals surface area contributed by atoms with Crippen molar-refractivity contribution in [2.45, 2.75) is 32.7 Å². The minimum Gasteiger partial charge on any atom is -0.481 e. The van der Waals surface area contributed by atoms with Crippen molar-refractivity contribution in [3.63, 3.8) is 0 Å². The van der Waals surface area contributed by atoms with Gasteiger partial charge in [0.05, 0.1) is 12.6 Å². The first-order valence-electron chi connectivity index (χ1n) is 5.00. The second-order valence-electron chi connectivity index (χ2n) is 3.49. The van der Waals surface area contributed by atoms with Crippen LogP contribution in [0.2, 0.25) is 0 Å². The molecule has 0 fully saturated rings. The molecular formula is C10H14N2O4. The topological polar surface area (TPSA) is 92.4 Å². The van der Waals surface area contributed by atoms with Gasteiger partial charge in [0.2, 0.25) is 0 Å². The first kappa shape index (κ1) is 12.2. The van der Waals surface area contributed by atoms with Gasteiger partial charge in [-0.2, -0.15) is 0 Å². The van der Waals surface area contributed by atoms with Gasteiger partial charge < -0.3 is 14.9 Å². The molecule has 88 valence electrons. The monoisotopic (exact) mass is 226 g/mol. The third-order valence-electron chi connectivity index (χ3n) is 2.07. The van der Waals surface area contributed by atoms with E-state index in [9.17, 15) is 9.59 Å². The van der Waals surface area contributed by atoms with E-state index < -0.39 is 12.0 Å². The van der Waals surface area contributed by atoms with E-state index in [1.807, 2.05) is 6.92 Å². The van der Waals surface area contributed by atoms with Crippen molar-refractivity contribution in [3.05, 3.63) is 17.5 Å². The number of hydrogen-bond acceptors (Lipinski definition) is 4. The fourth-order valence-corrected chi connectivity index (χ4v) is 1.32. The Hall–Kier alpha value is -1.85. The van der Waals surface area contributed by atoms with Gasteiger partial charge in [0, 0.05) is 12.5 Å². The Morgan fingerprint density at radius 1 is 1.62 bits per heavy atom. The van der Waals surface area contributed by atoms with Crippen molar-refractivity contribution >= 4 is 11.9 Å². The highest BCUT2D eigenvalue weighted by Gasteiger charge is 2.17. The number of nitrogens with one attached hydrogen (secondary N) is 1. The maximum Gasteiger partial charge on any atom is 0.305 e. The Kier molecular flexibility index (Phi) is 4.04. The minimum absolute atomic E-state index is 0.113. The van der Waals surface area contributed by atoms with Gasteiger partial charge in [0.15, 0.2) is 0 Å². The first-order chi connectivity index (χ1) is 7.54. The SMILES string of the molecule is CCc1oncc1C(=O)NC(C)CC(=O)O. The van der Waals surface area contributed by atoms with E-state index in [2.05, 4.69) is 10.5 Å². The number of carbonyl (C=O) groups excluding carboxylic acids is 1. The second kappa shape index (κ2) is 5.29. The van der Waals surface area contributed by atoms with Crippen LogP contribution in [-0.4, -0.2) is 28.2 Å². The van der Waals surface area contributed by atoms with Gasteiger partial charge in [-0.05, 0) is 6.92 Å². The molecule has 0 bridgehead atoms. The number of aromatic nitrogens is 1. The molecule has 0 aromatic carbocycles. The molecule has 1 aromatic heterocycles. The zero-order valence-electron chi connectivity index (χ0n) is 9.19. The van der Waals surface area contributed by atoms with Gasteiger partial charge in [-0.15, -0.1) is 0 Å². The molecule has 0 aliphatic carbocycles. The summed E-state index contributed by atoms with van der Waals surface area (Å²) in [6, 6.07) is -0.426. The molecule has 1 heterocycles. The van der Waals surface area contributed by atoms with E-state index in [0.29, 0.717) is 17.7 Å². The van der Waals surface area contributed by atoms with Crippen molar-refractivity contribution < 1.29 is 19.2 Å². The standard InChI is InChI=1S/C10H14N2O4/c1-3-8-7(5-11-16-8)10(15)12-6(2)4-9(13)14/h5-6H,3-4H2,1-2H3,(H,12,15)(H,13,14). The van der Waals surface area contributed by atoms with Gasteiger partial charge >= 0.3 is 5.97 Å². The summed E-state index contributed by atoms with van der Waals surface area (Å²) in [5.41, 5.74) is 0.361. The highest BCUT2D eigenvalue weighted by Crippen LogP contribution is 2.08. The Labute approximate surface area is 92.6 Å². The van der Waals surface area contributed by atoms with Gasteiger partial charge in [0.1, 0.15) is 11.3 Å². The molecule has 6 nitrogen and oxygen atoms in total. The second-order valence-corrected chi connectivity index (χ2v) is 3.49. The van der Waals surface area contributed by atoms with Gasteiger partial charge in [0.25, 0.3) is 5.91 Å². The number of carbonyl (C=O) groups is 2. The number of aliphatic carboxylic acids is 1. The average molecular weight is 226 g/mol. The average Bonchev–Trinajstić information content (AvgIpc) is 2.63. The third-order valence-corrected chi connectivity index (χ3v) is 2.07. The van der Waals surface area contributed by atoms with Crippen LogP contribution in [0.4, 0.5) is 0 Å². The van der Waals surface area contributed by atoms with Crippen LogP contribution in [0.1, 0.15) is 36.4 Å². The van der Waals surface area contributed by atoms with Gasteiger partial charge in [-0.25, -0.2) is 0 Å². The smallest absolute Gasteiger partial charge is 0.305 e. The molecule has 1 aromatic rings. The molecule has 0 spiro atoms. The van der Waals surface area contributed by atoms with Crippen molar-refractivity contribution in [2.24, 2.45) is 0 Å². The highest BCUT2D eigenvalue weighted by molar-refractivity contribution is 5.95. The number of hydrogen-bond donors (Lipinski definition) is 2. The van der Waals surface area contributed by atoms with E-state index in [1.54, 1.807) is 6.92 Å². The van der Waals surface area contributed by atoms with Crippen LogP contribution in [0.5, 0.6) is 0 Å². The minimum atomic E-state index is -0.950. The number of amides is 1. The van der Waals surface area contributed by atoms with Crippen LogP contribution in [0.3, 0.4) is 0 Å². The summed E-state index contributed by atoms with van der Waals surface area (Å²) in [6.07, 6.45) is 1.79. The van der Waals surface area contributed by atoms with Crippen molar-refractivity contribution in [1.82, 2.24) is 10.5 Å². The summed E-state index contributed by atoms with van der Waals surface area (Å²) in [7, 11) is 0. The van der Waals surface area contributed by atoms with Crippen LogP contribution in [-0.2, 0) is 11.2 Å². The summed E-state index contributed by atoms with van der Waals surface area (Å²) < 4.78 is 4.87. The van der Waals surface area contributed by atoms with Gasteiger partial charge in [-0.1, -0.05) is 12.1 Å². The normalized spacial score (nSPS) is 12.1. The Morgan fingerprint density at radius 2 is 2.31 bits per heavy atom. The Morgan fingerprint density at radius 3 is 2.88 bits per heavy atom. The molecule has 1 amide bonds. The van der Waals surface area contributed by atoms with Crippen LogP contribution in [0.25, 0.3) is 0 Å². The van der Waals surface area contributed by atoms with Crippen molar-refractivity contribution in [2.75, 3.05) is 0 Å². The van der Waals surface area contributed by atoms with Crippen LogP contribution < -0.4 is 5.32 Å². The van der Waals surface area contributed by atoms with Crippen molar-refractivity contribution in [1.29, 1.82) is 0 Å². The lowest BCUT2D eigenvalue weighted by Crippen LogP contribution is -2.34. The molecule has 2 N–H and O–H groups in total. The molecule has 16 heavy (non-hydrogen) atoms. The predicted molar refractivity (Wildman–Crippen MR) is 55.1 cm³/mol. The maximum atomic E-state index is 11.7. The first-order valence-corrected chi connectivity index (χ1v) is 5.00. The quantitative estimate of drug-likeness (QED) is 0.775. The fraction of sp³-hybridized carbons (Fsp3) is 0.500. The number of aryl methyl sites for hydroxylation is 1. The summed E-state index contributed by atoms with van der Waals surface area (Å²) >= 11 is 0. The lowest BCUT2D eigenvalue weighted by molar-refractivity contribution is -0.137. The van der Waals surface area contributed by atoms with Crippen LogP contribution in [0.15, 0.2) is 10.7 Å². The number of nitrogens with zero attached hydrogens (tertiary/aromatic N) is 1. The molecule has 0 aliphatic heterocycles. The van der Waals surface area contributed by atoms with Gasteiger partial charge in [-0.3, -0.25) is 9.59 Å². The summed E-state index contributed by atoms with van der Waals surface area (Å²) in [5, 5.41) is 14.6. The lowest BCUT2D eigenvalue weighted by atomic mass is 10.2. The molecule has 1 rings (SSSR count). The Bertz CT molecular complexity index is 386. The molecular weight excluding hydrogens is 212 g/mol. The number of carboxylic acids is 1. The third kappa shape index (κ3) is 3.08. The molecule has 1 atom stereocenters. The predicted octanol–water partition coefficient (Wildman–Crippen LogP) is 0.830. The molecule has 0 saturated carbocycles. The summed E-state index contributed by atoms with van der Waals surface area (Å²) in [4.78, 5) is 22.1. The van der Waals surface area contributed by atoms with E-state index in [4.69, 9.17) is 9.63 Å². The fourth-order valence-electron chi connectivity index (χ4n) is 1.32. The van der Waals surface area contributed by atoms with Crippen LogP contribution in [0, 0.1) is 0 Å². The van der Waals surface area contributed by atoms with Crippen LogP contribution >= 0.6 is 0 Å². The van der Waals surface area contributed by atoms with E-state index in [0.717, 1.165) is 0 Å². The summed E-state index contributed by atoms with van der Waals surface area (Å²) in [5.74, 6) is -0.805. The zero-order chi connectivity index (χ0) is 12.1. The zero-order valence-corrected chi connectivity index (χ0v) is 9.19. The molecule has 0 radical (unpaired) electrons. The Balaban J connectivity index is 2.62. The summed E-state index contributed by atoms with van der Waals surface area (Å²) in [6.45, 7) is 3.48.